The van der Waals surface area contributed by atoms with Gasteiger partial charge in [-0.2, -0.15) is 4.31 Å². The summed E-state index contributed by atoms with van der Waals surface area (Å²) < 4.78 is 26.6. The van der Waals surface area contributed by atoms with E-state index in [-0.39, 0.29) is 9.88 Å². The molecule has 112 valence electrons. The number of sulfonamides is 1. The van der Waals surface area contributed by atoms with E-state index < -0.39 is 10.0 Å². The highest BCUT2D eigenvalue weighted by Crippen LogP contribution is 2.22. The highest BCUT2D eigenvalue weighted by molar-refractivity contribution is 7.89. The molecule has 0 saturated heterocycles. The fourth-order valence-corrected chi connectivity index (χ4v) is 4.28. The van der Waals surface area contributed by atoms with Gasteiger partial charge in [0, 0.05) is 24.0 Å². The van der Waals surface area contributed by atoms with Crippen LogP contribution in [-0.2, 0) is 16.6 Å². The van der Waals surface area contributed by atoms with Crippen molar-refractivity contribution >= 4 is 38.6 Å². The zero-order valence-corrected chi connectivity index (χ0v) is 14.2. The van der Waals surface area contributed by atoms with Crippen molar-refractivity contribution < 1.29 is 8.42 Å². The minimum atomic E-state index is -3.53. The average Bonchev–Trinajstić information content (AvgIpc) is 2.90. The van der Waals surface area contributed by atoms with Gasteiger partial charge < -0.3 is 5.73 Å². The Hall–Kier alpha value is -1.28. The molecule has 0 fully saturated rings. The Morgan fingerprint density at radius 2 is 2.10 bits per heavy atom. The van der Waals surface area contributed by atoms with E-state index in [4.69, 9.17) is 18.0 Å². The van der Waals surface area contributed by atoms with Crippen molar-refractivity contribution in [3.8, 4) is 0 Å². The van der Waals surface area contributed by atoms with E-state index in [1.165, 1.54) is 15.6 Å². The maximum Gasteiger partial charge on any atom is 0.243 e. The zero-order valence-electron chi connectivity index (χ0n) is 11.7. The predicted molar refractivity (Wildman–Crippen MR) is 90.0 cm³/mol. The minimum Gasteiger partial charge on any atom is -0.389 e. The van der Waals surface area contributed by atoms with Crippen LogP contribution >= 0.6 is 23.6 Å². The smallest absolute Gasteiger partial charge is 0.243 e. The van der Waals surface area contributed by atoms with E-state index in [1.54, 1.807) is 32.2 Å². The molecule has 1 heterocycles. The Morgan fingerprint density at radius 1 is 1.38 bits per heavy atom. The van der Waals surface area contributed by atoms with Crippen molar-refractivity contribution in [3.05, 3.63) is 51.7 Å². The van der Waals surface area contributed by atoms with Gasteiger partial charge in [-0.25, -0.2) is 8.42 Å². The number of nitrogens with zero attached hydrogens (tertiary/aromatic N) is 1. The van der Waals surface area contributed by atoms with Gasteiger partial charge in [-0.15, -0.1) is 11.3 Å². The Morgan fingerprint density at radius 3 is 2.62 bits per heavy atom. The van der Waals surface area contributed by atoms with Crippen molar-refractivity contribution in [2.24, 2.45) is 5.73 Å². The summed E-state index contributed by atoms with van der Waals surface area (Å²) in [6.45, 7) is 2.10. The molecule has 0 bridgehead atoms. The van der Waals surface area contributed by atoms with Crippen LogP contribution in [0.3, 0.4) is 0 Å². The van der Waals surface area contributed by atoms with Gasteiger partial charge in [-0.05, 0) is 36.1 Å². The molecule has 2 N–H and O–H groups in total. The summed E-state index contributed by atoms with van der Waals surface area (Å²) in [7, 11) is -1.95. The van der Waals surface area contributed by atoms with Crippen molar-refractivity contribution in [2.45, 2.75) is 18.4 Å². The van der Waals surface area contributed by atoms with Crippen LogP contribution in [0.25, 0.3) is 0 Å². The van der Waals surface area contributed by atoms with Gasteiger partial charge in [0.05, 0.1) is 4.90 Å². The lowest BCUT2D eigenvalue weighted by molar-refractivity contribution is 0.469. The molecule has 0 aliphatic rings. The molecule has 0 amide bonds. The summed E-state index contributed by atoms with van der Waals surface area (Å²) in [5.41, 5.74) is 6.87. The number of rotatable bonds is 5. The molecule has 0 spiro atoms. The Kier molecular flexibility index (Phi) is 4.77. The van der Waals surface area contributed by atoms with E-state index in [9.17, 15) is 8.42 Å². The first-order valence-electron chi connectivity index (χ1n) is 6.21. The molecule has 0 aliphatic carbocycles. The molecule has 0 aliphatic heterocycles. The van der Waals surface area contributed by atoms with Crippen LogP contribution in [0, 0.1) is 6.92 Å². The van der Waals surface area contributed by atoms with Gasteiger partial charge in [0.15, 0.2) is 0 Å². The third-order valence-electron chi connectivity index (χ3n) is 3.11. The SMILES string of the molecule is Cc1cc(C(N)=S)ccc1S(=O)(=O)N(C)Cc1cccs1. The Balaban J connectivity index is 2.33. The molecular formula is C14H16N2O2S3. The summed E-state index contributed by atoms with van der Waals surface area (Å²) in [6, 6.07) is 8.72. The van der Waals surface area contributed by atoms with Gasteiger partial charge in [0.1, 0.15) is 4.99 Å². The first-order chi connectivity index (χ1) is 9.82. The molecule has 0 atom stereocenters. The first-order valence-corrected chi connectivity index (χ1v) is 8.94. The Bertz CT molecular complexity index is 753. The number of hydrogen-bond donors (Lipinski definition) is 1. The maximum atomic E-state index is 12.6. The van der Waals surface area contributed by atoms with Crippen LogP contribution in [0.1, 0.15) is 16.0 Å². The molecule has 1 aromatic heterocycles. The molecule has 7 heteroatoms. The highest BCUT2D eigenvalue weighted by atomic mass is 32.2. The Labute approximate surface area is 134 Å². The minimum absolute atomic E-state index is 0.258. The number of hydrogen-bond acceptors (Lipinski definition) is 4. The molecule has 0 unspecified atom stereocenters. The van der Waals surface area contributed by atoms with Crippen molar-refractivity contribution in [1.29, 1.82) is 0 Å². The van der Waals surface area contributed by atoms with Gasteiger partial charge >= 0.3 is 0 Å². The molecule has 1 aromatic carbocycles. The summed E-state index contributed by atoms with van der Waals surface area (Å²) in [4.78, 5) is 1.54. The number of nitrogens with two attached hydrogens (primary N) is 1. The van der Waals surface area contributed by atoms with E-state index in [1.807, 2.05) is 17.5 Å². The summed E-state index contributed by atoms with van der Waals surface area (Å²) in [5.74, 6) is 0. The predicted octanol–water partition coefficient (Wildman–Crippen LogP) is 2.51. The van der Waals surface area contributed by atoms with Gasteiger partial charge in [-0.3, -0.25) is 0 Å². The standard InChI is InChI=1S/C14H16N2O2S3/c1-10-8-11(14(15)19)5-6-13(10)21(17,18)16(2)9-12-4-3-7-20-12/h3-8H,9H2,1-2H3,(H2,15,19). The van der Waals surface area contributed by atoms with Crippen LogP contribution in [0.15, 0.2) is 40.6 Å². The topological polar surface area (TPSA) is 63.4 Å². The highest BCUT2D eigenvalue weighted by Gasteiger charge is 2.23. The first kappa shape index (κ1) is 16.1. The average molecular weight is 340 g/mol. The number of benzene rings is 1. The van der Waals surface area contributed by atoms with Crippen LogP contribution in [0.4, 0.5) is 0 Å². The molecule has 0 radical (unpaired) electrons. The molecule has 2 aromatic rings. The monoisotopic (exact) mass is 340 g/mol. The molecule has 2 rings (SSSR count). The third kappa shape index (κ3) is 3.49. The number of aryl methyl sites for hydroxylation is 1. The molecular weight excluding hydrogens is 324 g/mol. The maximum absolute atomic E-state index is 12.6. The second-order valence-corrected chi connectivity index (χ2v) is 8.17. The lowest BCUT2D eigenvalue weighted by Crippen LogP contribution is -2.27. The number of thiocarbonyl (C=S) groups is 1. The quantitative estimate of drug-likeness (QED) is 0.850. The largest absolute Gasteiger partial charge is 0.389 e. The summed E-state index contributed by atoms with van der Waals surface area (Å²) in [6.07, 6.45) is 0. The van der Waals surface area contributed by atoms with E-state index >= 15 is 0 Å². The van der Waals surface area contributed by atoms with Gasteiger partial charge in [0.2, 0.25) is 10.0 Å². The normalized spacial score (nSPS) is 11.8. The second-order valence-electron chi connectivity index (χ2n) is 4.68. The van der Waals surface area contributed by atoms with E-state index in [0.29, 0.717) is 17.7 Å². The molecule has 4 nitrogen and oxygen atoms in total. The van der Waals surface area contributed by atoms with Crippen molar-refractivity contribution in [2.75, 3.05) is 7.05 Å². The zero-order chi connectivity index (χ0) is 15.6. The van der Waals surface area contributed by atoms with Gasteiger partial charge in [0.25, 0.3) is 0 Å². The van der Waals surface area contributed by atoms with E-state index in [2.05, 4.69) is 0 Å². The van der Waals surface area contributed by atoms with Crippen LogP contribution < -0.4 is 5.73 Å². The molecule has 0 saturated carbocycles. The van der Waals surface area contributed by atoms with Gasteiger partial charge in [-0.1, -0.05) is 24.4 Å². The van der Waals surface area contributed by atoms with Crippen molar-refractivity contribution in [3.63, 3.8) is 0 Å². The number of thiophene rings is 1. The summed E-state index contributed by atoms with van der Waals surface area (Å²) >= 11 is 6.44. The van der Waals surface area contributed by atoms with Crippen LogP contribution in [0.5, 0.6) is 0 Å². The van der Waals surface area contributed by atoms with Crippen molar-refractivity contribution in [1.82, 2.24) is 4.31 Å². The lowest BCUT2D eigenvalue weighted by Gasteiger charge is -2.18. The fourth-order valence-electron chi connectivity index (χ4n) is 1.97. The summed E-state index contributed by atoms with van der Waals surface area (Å²) in [5, 5.41) is 1.93. The van der Waals surface area contributed by atoms with Crippen LogP contribution in [0.2, 0.25) is 0 Å². The van der Waals surface area contributed by atoms with Crippen LogP contribution in [-0.4, -0.2) is 24.8 Å². The van der Waals surface area contributed by atoms with E-state index in [0.717, 1.165) is 4.88 Å². The lowest BCUT2D eigenvalue weighted by atomic mass is 10.1. The third-order valence-corrected chi connectivity index (χ3v) is 6.17. The second kappa shape index (κ2) is 6.23. The molecule has 21 heavy (non-hydrogen) atoms. The fraction of sp³-hybridized carbons (Fsp3) is 0.214.